The summed E-state index contributed by atoms with van der Waals surface area (Å²) in [6, 6.07) is 9.97. The Kier molecular flexibility index (Phi) is 6.62. The van der Waals surface area contributed by atoms with Crippen molar-refractivity contribution in [1.29, 1.82) is 0 Å². The van der Waals surface area contributed by atoms with Crippen molar-refractivity contribution in [3.63, 3.8) is 0 Å². The first kappa shape index (κ1) is 17.0. The second kappa shape index (κ2) is 8.95. The summed E-state index contributed by atoms with van der Waals surface area (Å²) in [5, 5.41) is 14.4. The molecule has 1 aromatic heterocycles. The largest absolute Gasteiger partial charge is 0.396 e. The van der Waals surface area contributed by atoms with Crippen molar-refractivity contribution in [2.45, 2.75) is 38.9 Å². The number of rotatable bonds is 8. The van der Waals surface area contributed by atoms with E-state index in [9.17, 15) is 4.79 Å². The molecule has 23 heavy (non-hydrogen) atoms. The molecule has 6 heteroatoms. The van der Waals surface area contributed by atoms with Gasteiger partial charge in [0.2, 0.25) is 0 Å². The summed E-state index contributed by atoms with van der Waals surface area (Å²) in [7, 11) is 0. The number of aryl methyl sites for hydroxylation is 2. The van der Waals surface area contributed by atoms with Gasteiger partial charge in [-0.05, 0) is 25.3 Å². The fraction of sp³-hybridized carbons (Fsp3) is 0.412. The number of carbonyl (C=O) groups excluding carboxylic acids is 1. The maximum Gasteiger partial charge on any atom is 0.315 e. The molecule has 1 heterocycles. The van der Waals surface area contributed by atoms with E-state index >= 15 is 0 Å². The van der Waals surface area contributed by atoms with Crippen LogP contribution in [0.5, 0.6) is 0 Å². The summed E-state index contributed by atoms with van der Waals surface area (Å²) < 4.78 is 2.05. The van der Waals surface area contributed by atoms with E-state index < -0.39 is 0 Å². The van der Waals surface area contributed by atoms with Crippen molar-refractivity contribution in [3.05, 3.63) is 54.1 Å². The van der Waals surface area contributed by atoms with Crippen molar-refractivity contribution >= 4 is 6.03 Å². The van der Waals surface area contributed by atoms with Crippen molar-refractivity contribution in [3.8, 4) is 0 Å². The van der Waals surface area contributed by atoms with Gasteiger partial charge < -0.3 is 20.3 Å². The van der Waals surface area contributed by atoms with Crippen LogP contribution < -0.4 is 10.6 Å². The number of hydrogen-bond acceptors (Lipinski definition) is 3. The molecule has 0 saturated carbocycles. The van der Waals surface area contributed by atoms with Crippen molar-refractivity contribution in [2.75, 3.05) is 6.61 Å². The first-order chi connectivity index (χ1) is 11.2. The third-order valence-corrected chi connectivity index (χ3v) is 3.63. The van der Waals surface area contributed by atoms with E-state index in [0.717, 1.165) is 18.8 Å². The molecule has 124 valence electrons. The van der Waals surface area contributed by atoms with Gasteiger partial charge in [-0.15, -0.1) is 0 Å². The number of aliphatic hydroxyl groups excluding tert-OH is 1. The highest BCUT2D eigenvalue weighted by Gasteiger charge is 2.08. The Morgan fingerprint density at radius 2 is 2.13 bits per heavy atom. The van der Waals surface area contributed by atoms with Gasteiger partial charge in [0.25, 0.3) is 0 Å². The Balaban J connectivity index is 1.80. The lowest BCUT2D eigenvalue weighted by atomic mass is 10.1. The van der Waals surface area contributed by atoms with Gasteiger partial charge in [-0.2, -0.15) is 0 Å². The van der Waals surface area contributed by atoms with Crippen LogP contribution >= 0.6 is 0 Å². The summed E-state index contributed by atoms with van der Waals surface area (Å²) >= 11 is 0. The number of urea groups is 1. The van der Waals surface area contributed by atoms with Gasteiger partial charge in [0, 0.05) is 31.6 Å². The molecule has 2 rings (SSSR count). The minimum Gasteiger partial charge on any atom is -0.396 e. The normalized spacial score (nSPS) is 11.9. The van der Waals surface area contributed by atoms with E-state index in [1.807, 2.05) is 35.9 Å². The molecule has 0 radical (unpaired) electrons. The van der Waals surface area contributed by atoms with E-state index in [2.05, 4.69) is 27.8 Å². The van der Waals surface area contributed by atoms with Crippen LogP contribution in [-0.2, 0) is 19.5 Å². The lowest BCUT2D eigenvalue weighted by Gasteiger charge is -2.14. The fourth-order valence-corrected chi connectivity index (χ4v) is 2.31. The SMILES string of the molecule is C[C@H](CCO)NC(=O)NCc1nccn1CCc1ccccc1. The maximum atomic E-state index is 11.8. The smallest absolute Gasteiger partial charge is 0.315 e. The molecule has 0 aliphatic carbocycles. The fourth-order valence-electron chi connectivity index (χ4n) is 2.31. The molecule has 1 aromatic carbocycles. The number of benzene rings is 1. The van der Waals surface area contributed by atoms with Gasteiger partial charge in [0.1, 0.15) is 5.82 Å². The van der Waals surface area contributed by atoms with E-state index in [0.29, 0.717) is 13.0 Å². The van der Waals surface area contributed by atoms with Crippen molar-refractivity contribution in [1.82, 2.24) is 20.2 Å². The summed E-state index contributed by atoms with van der Waals surface area (Å²) in [6.45, 7) is 3.12. The summed E-state index contributed by atoms with van der Waals surface area (Å²) in [5.41, 5.74) is 1.27. The van der Waals surface area contributed by atoms with Crippen LogP contribution in [0, 0.1) is 0 Å². The molecule has 6 nitrogen and oxygen atoms in total. The highest BCUT2D eigenvalue weighted by atomic mass is 16.3. The summed E-state index contributed by atoms with van der Waals surface area (Å²) in [4.78, 5) is 16.1. The summed E-state index contributed by atoms with van der Waals surface area (Å²) in [5.74, 6) is 0.825. The van der Waals surface area contributed by atoms with E-state index in [4.69, 9.17) is 5.11 Å². The number of aliphatic hydroxyl groups is 1. The Labute approximate surface area is 136 Å². The minimum absolute atomic E-state index is 0.0576. The lowest BCUT2D eigenvalue weighted by Crippen LogP contribution is -2.41. The van der Waals surface area contributed by atoms with Gasteiger partial charge in [0.05, 0.1) is 6.54 Å². The molecule has 0 aliphatic heterocycles. The predicted octanol–water partition coefficient (Wildman–Crippen LogP) is 1.70. The molecule has 1 atom stereocenters. The third kappa shape index (κ3) is 5.75. The zero-order valence-corrected chi connectivity index (χ0v) is 13.4. The van der Waals surface area contributed by atoms with Crippen LogP contribution in [0.2, 0.25) is 0 Å². The van der Waals surface area contributed by atoms with Crippen molar-refractivity contribution < 1.29 is 9.90 Å². The number of nitrogens with one attached hydrogen (secondary N) is 2. The Morgan fingerprint density at radius 1 is 1.35 bits per heavy atom. The average molecular weight is 316 g/mol. The predicted molar refractivity (Wildman–Crippen MR) is 88.9 cm³/mol. The van der Waals surface area contributed by atoms with Gasteiger partial charge >= 0.3 is 6.03 Å². The van der Waals surface area contributed by atoms with Gasteiger partial charge in [-0.3, -0.25) is 0 Å². The molecule has 2 amide bonds. The average Bonchev–Trinajstić information content (AvgIpc) is 2.99. The molecule has 0 aliphatic rings. The third-order valence-electron chi connectivity index (χ3n) is 3.63. The number of hydrogen-bond donors (Lipinski definition) is 3. The van der Waals surface area contributed by atoms with E-state index in [1.54, 1.807) is 6.20 Å². The molecule has 3 N–H and O–H groups in total. The molecular weight excluding hydrogens is 292 g/mol. The van der Waals surface area contributed by atoms with Crippen LogP contribution in [0.25, 0.3) is 0 Å². The minimum atomic E-state index is -0.247. The molecule has 0 spiro atoms. The zero-order chi connectivity index (χ0) is 16.5. The number of aromatic nitrogens is 2. The van der Waals surface area contributed by atoms with Crippen LogP contribution in [-0.4, -0.2) is 33.3 Å². The molecule has 2 aromatic rings. The Hall–Kier alpha value is -2.34. The number of carbonyl (C=O) groups is 1. The highest BCUT2D eigenvalue weighted by molar-refractivity contribution is 5.74. The number of nitrogens with zero attached hydrogens (tertiary/aromatic N) is 2. The summed E-state index contributed by atoms with van der Waals surface area (Å²) in [6.07, 6.45) is 5.13. The lowest BCUT2D eigenvalue weighted by molar-refractivity contribution is 0.230. The number of amides is 2. The second-order valence-corrected chi connectivity index (χ2v) is 5.51. The first-order valence-electron chi connectivity index (χ1n) is 7.88. The van der Waals surface area contributed by atoms with Crippen LogP contribution in [0.1, 0.15) is 24.7 Å². The van der Waals surface area contributed by atoms with Crippen LogP contribution in [0.3, 0.4) is 0 Å². The molecule has 0 saturated heterocycles. The van der Waals surface area contributed by atoms with E-state index in [-0.39, 0.29) is 18.7 Å². The van der Waals surface area contributed by atoms with Gasteiger partial charge in [-0.1, -0.05) is 30.3 Å². The number of imidazole rings is 1. The van der Waals surface area contributed by atoms with Gasteiger partial charge in [0.15, 0.2) is 0 Å². The molecule has 0 bridgehead atoms. The second-order valence-electron chi connectivity index (χ2n) is 5.51. The quantitative estimate of drug-likeness (QED) is 0.693. The molecule has 0 unspecified atom stereocenters. The molecule has 0 fully saturated rings. The Morgan fingerprint density at radius 3 is 2.87 bits per heavy atom. The highest BCUT2D eigenvalue weighted by Crippen LogP contribution is 2.04. The Bertz CT molecular complexity index is 598. The molecular formula is C17H24N4O2. The van der Waals surface area contributed by atoms with Crippen LogP contribution in [0.15, 0.2) is 42.7 Å². The van der Waals surface area contributed by atoms with Gasteiger partial charge in [-0.25, -0.2) is 9.78 Å². The van der Waals surface area contributed by atoms with Crippen LogP contribution in [0.4, 0.5) is 4.79 Å². The monoisotopic (exact) mass is 316 g/mol. The topological polar surface area (TPSA) is 79.2 Å². The maximum absolute atomic E-state index is 11.8. The van der Waals surface area contributed by atoms with Crippen molar-refractivity contribution in [2.24, 2.45) is 0 Å². The first-order valence-corrected chi connectivity index (χ1v) is 7.88. The zero-order valence-electron chi connectivity index (χ0n) is 13.4. The van der Waals surface area contributed by atoms with E-state index in [1.165, 1.54) is 5.56 Å². The standard InChI is InChI=1S/C17H24N4O2/c1-14(8-12-22)20-17(23)19-13-16-18-9-11-21(16)10-7-15-5-3-2-4-6-15/h2-6,9,11,14,22H,7-8,10,12-13H2,1H3,(H2,19,20,23)/t14-/m1/s1.